The number of rotatable bonds is 2. The minimum atomic E-state index is 0.0509. The fourth-order valence-electron chi connectivity index (χ4n) is 5.81. The summed E-state index contributed by atoms with van der Waals surface area (Å²) in [5.74, 6) is 2.54. The zero-order valence-corrected chi connectivity index (χ0v) is 14.5. The monoisotopic (exact) mass is 313 g/mol. The third-order valence-corrected chi connectivity index (χ3v) is 6.85. The van der Waals surface area contributed by atoms with Crippen molar-refractivity contribution in [3.05, 3.63) is 29.3 Å². The van der Waals surface area contributed by atoms with Gasteiger partial charge in [0.25, 0.3) is 0 Å². The number of ketones is 1. The fraction of sp³-hybridized carbons (Fsp3) is 0.650. The summed E-state index contributed by atoms with van der Waals surface area (Å²) in [5, 5.41) is 0. The Morgan fingerprint density at radius 2 is 2.17 bits per heavy atom. The lowest BCUT2D eigenvalue weighted by Gasteiger charge is -2.60. The highest BCUT2D eigenvalue weighted by Gasteiger charge is 2.57. The van der Waals surface area contributed by atoms with Gasteiger partial charge in [-0.15, -0.1) is 0 Å². The lowest BCUT2D eigenvalue weighted by atomic mass is 9.49. The molecule has 1 saturated carbocycles. The van der Waals surface area contributed by atoms with Gasteiger partial charge in [-0.3, -0.25) is 4.79 Å². The Labute approximate surface area is 139 Å². The molecule has 2 bridgehead atoms. The lowest BCUT2D eigenvalue weighted by Crippen LogP contribution is -2.63. The van der Waals surface area contributed by atoms with Gasteiger partial charge in [0.05, 0.1) is 7.11 Å². The molecule has 3 heteroatoms. The topological polar surface area (TPSA) is 29.5 Å². The molecule has 0 N–H and O–H groups in total. The summed E-state index contributed by atoms with van der Waals surface area (Å²) < 4.78 is 5.50. The van der Waals surface area contributed by atoms with E-state index in [0.29, 0.717) is 23.7 Å². The van der Waals surface area contributed by atoms with E-state index in [2.05, 4.69) is 37.1 Å². The molecule has 1 saturated heterocycles. The van der Waals surface area contributed by atoms with Crippen LogP contribution in [0.5, 0.6) is 5.75 Å². The van der Waals surface area contributed by atoms with Crippen LogP contribution in [-0.2, 0) is 16.6 Å². The second-order valence-electron chi connectivity index (χ2n) is 7.79. The third kappa shape index (κ3) is 2.09. The number of hydrogen-bond acceptors (Lipinski definition) is 3. The van der Waals surface area contributed by atoms with E-state index in [0.717, 1.165) is 44.4 Å². The van der Waals surface area contributed by atoms with E-state index in [-0.39, 0.29) is 5.41 Å². The Morgan fingerprint density at radius 3 is 2.91 bits per heavy atom. The van der Waals surface area contributed by atoms with E-state index in [9.17, 15) is 4.79 Å². The molecule has 0 amide bonds. The molecule has 0 radical (unpaired) electrons. The van der Waals surface area contributed by atoms with Crippen LogP contribution in [0.15, 0.2) is 18.2 Å². The highest BCUT2D eigenvalue weighted by Crippen LogP contribution is 2.57. The van der Waals surface area contributed by atoms with Gasteiger partial charge in [-0.1, -0.05) is 19.4 Å². The number of likely N-dealkylation sites (tertiary alicyclic amines) is 1. The molecule has 3 nitrogen and oxygen atoms in total. The van der Waals surface area contributed by atoms with Gasteiger partial charge in [0.15, 0.2) is 0 Å². The van der Waals surface area contributed by atoms with Crippen LogP contribution in [0.2, 0.25) is 0 Å². The van der Waals surface area contributed by atoms with E-state index in [1.54, 1.807) is 7.11 Å². The molecule has 1 aromatic rings. The molecule has 1 heterocycles. The quantitative estimate of drug-likeness (QED) is 0.840. The van der Waals surface area contributed by atoms with Crippen molar-refractivity contribution >= 4 is 5.78 Å². The van der Waals surface area contributed by atoms with Crippen molar-refractivity contribution < 1.29 is 9.53 Å². The first-order valence-electron chi connectivity index (χ1n) is 8.98. The number of nitrogens with zero attached hydrogens (tertiary/aromatic N) is 1. The van der Waals surface area contributed by atoms with Gasteiger partial charge >= 0.3 is 0 Å². The van der Waals surface area contributed by atoms with Crippen molar-refractivity contribution in [2.45, 2.75) is 50.5 Å². The smallest absolute Gasteiger partial charge is 0.134 e. The maximum absolute atomic E-state index is 12.6. The second-order valence-corrected chi connectivity index (χ2v) is 7.79. The first-order valence-corrected chi connectivity index (χ1v) is 8.98. The van der Waals surface area contributed by atoms with Gasteiger partial charge in [-0.05, 0) is 61.5 Å². The predicted octanol–water partition coefficient (Wildman–Crippen LogP) is 3.20. The first kappa shape index (κ1) is 15.2. The summed E-state index contributed by atoms with van der Waals surface area (Å²) in [7, 11) is 4.00. The summed E-state index contributed by atoms with van der Waals surface area (Å²) in [4.78, 5) is 15.1. The average molecular weight is 313 g/mol. The Morgan fingerprint density at radius 1 is 1.35 bits per heavy atom. The summed E-state index contributed by atoms with van der Waals surface area (Å²) in [6, 6.07) is 7.13. The molecule has 1 aliphatic heterocycles. The van der Waals surface area contributed by atoms with E-state index in [1.165, 1.54) is 11.1 Å². The van der Waals surface area contributed by atoms with Gasteiger partial charge in [-0.25, -0.2) is 0 Å². The Kier molecular flexibility index (Phi) is 3.53. The standard InChI is InChI=1S/C20H27NO2/c1-4-13-9-15(22)12-20-7-8-21(2)18(19(13)20)10-14-5-6-16(23-3)11-17(14)20/h5-6,11,13,18-19H,4,7-10,12H2,1-3H3/t13-,18?,19-,20?/m0/s1. The SMILES string of the molecule is CC[C@H]1CC(=O)CC23CCN(C)C(Cc4ccc(OC)cc42)[C@H]13. The van der Waals surface area contributed by atoms with Crippen LogP contribution >= 0.6 is 0 Å². The molecular weight excluding hydrogens is 286 g/mol. The second kappa shape index (κ2) is 5.34. The van der Waals surface area contributed by atoms with Crippen molar-refractivity contribution in [1.82, 2.24) is 4.90 Å². The van der Waals surface area contributed by atoms with E-state index in [1.807, 2.05) is 0 Å². The molecule has 1 aromatic carbocycles. The third-order valence-electron chi connectivity index (χ3n) is 6.85. The van der Waals surface area contributed by atoms with E-state index >= 15 is 0 Å². The Balaban J connectivity index is 1.91. The Bertz CT molecular complexity index is 641. The number of ether oxygens (including phenoxy) is 1. The number of carbonyl (C=O) groups excluding carboxylic acids is 1. The molecular formula is C20H27NO2. The van der Waals surface area contributed by atoms with Crippen LogP contribution in [0.3, 0.4) is 0 Å². The molecule has 2 fully saturated rings. The van der Waals surface area contributed by atoms with Crippen LogP contribution in [0, 0.1) is 11.8 Å². The molecule has 4 atom stereocenters. The number of likely N-dealkylation sites (N-methyl/N-ethyl adjacent to an activating group) is 1. The predicted molar refractivity (Wildman–Crippen MR) is 90.9 cm³/mol. The molecule has 2 aliphatic carbocycles. The first-order chi connectivity index (χ1) is 11.1. The Hall–Kier alpha value is -1.35. The summed E-state index contributed by atoms with van der Waals surface area (Å²) >= 11 is 0. The number of methoxy groups -OCH3 is 1. The average Bonchev–Trinajstić information content (AvgIpc) is 2.56. The number of Topliss-reactive ketones (excluding diaryl/α,β-unsaturated/α-hetero) is 1. The van der Waals surface area contributed by atoms with Gasteiger partial charge in [0.1, 0.15) is 11.5 Å². The highest BCUT2D eigenvalue weighted by molar-refractivity contribution is 5.82. The van der Waals surface area contributed by atoms with Gasteiger partial charge < -0.3 is 9.64 Å². The van der Waals surface area contributed by atoms with Crippen molar-refractivity contribution in [2.75, 3.05) is 20.7 Å². The molecule has 0 aromatic heterocycles. The van der Waals surface area contributed by atoms with Crippen LogP contribution in [0.25, 0.3) is 0 Å². The lowest BCUT2D eigenvalue weighted by molar-refractivity contribution is -0.131. The number of piperidine rings is 1. The maximum Gasteiger partial charge on any atom is 0.134 e. The fourth-order valence-corrected chi connectivity index (χ4v) is 5.81. The van der Waals surface area contributed by atoms with Gasteiger partial charge in [0, 0.05) is 24.3 Å². The van der Waals surface area contributed by atoms with E-state index in [4.69, 9.17) is 4.74 Å². The zero-order chi connectivity index (χ0) is 16.2. The summed E-state index contributed by atoms with van der Waals surface area (Å²) in [6.45, 7) is 3.36. The van der Waals surface area contributed by atoms with Crippen LogP contribution in [-0.4, -0.2) is 37.4 Å². The van der Waals surface area contributed by atoms with E-state index < -0.39 is 0 Å². The van der Waals surface area contributed by atoms with Crippen molar-refractivity contribution in [1.29, 1.82) is 0 Å². The minimum Gasteiger partial charge on any atom is -0.497 e. The number of carbonyl (C=O) groups is 1. The number of benzene rings is 1. The van der Waals surface area contributed by atoms with Crippen molar-refractivity contribution in [2.24, 2.45) is 11.8 Å². The van der Waals surface area contributed by atoms with Crippen LogP contribution < -0.4 is 4.74 Å². The highest BCUT2D eigenvalue weighted by atomic mass is 16.5. The normalized spacial score (nSPS) is 36.3. The summed E-state index contributed by atoms with van der Waals surface area (Å²) in [5.41, 5.74) is 2.90. The number of hydrogen-bond donors (Lipinski definition) is 0. The zero-order valence-electron chi connectivity index (χ0n) is 14.5. The molecule has 4 rings (SSSR count). The minimum absolute atomic E-state index is 0.0509. The summed E-state index contributed by atoms with van der Waals surface area (Å²) in [6.07, 6.45) is 4.85. The van der Waals surface area contributed by atoms with Gasteiger partial charge in [-0.2, -0.15) is 0 Å². The molecule has 3 aliphatic rings. The maximum atomic E-state index is 12.6. The van der Waals surface area contributed by atoms with Gasteiger partial charge in [0.2, 0.25) is 0 Å². The molecule has 124 valence electrons. The van der Waals surface area contributed by atoms with Crippen molar-refractivity contribution in [3.8, 4) is 5.75 Å². The van der Waals surface area contributed by atoms with Crippen molar-refractivity contribution in [3.63, 3.8) is 0 Å². The number of fused-ring (bicyclic) bond motifs is 1. The molecule has 0 spiro atoms. The molecule has 23 heavy (non-hydrogen) atoms. The molecule has 2 unspecified atom stereocenters. The van der Waals surface area contributed by atoms with Crippen LogP contribution in [0.1, 0.15) is 43.7 Å². The largest absolute Gasteiger partial charge is 0.497 e. The van der Waals surface area contributed by atoms with Crippen LogP contribution in [0.4, 0.5) is 0 Å².